The van der Waals surface area contributed by atoms with E-state index in [0.29, 0.717) is 43.4 Å². The number of allylic oxidation sites excluding steroid dienone is 21. The molecule has 5 aromatic carbocycles. The van der Waals surface area contributed by atoms with Crippen LogP contribution in [0.25, 0.3) is 16.8 Å². The van der Waals surface area contributed by atoms with Gasteiger partial charge in [0.15, 0.2) is 0 Å². The molecule has 470 valence electrons. The minimum absolute atomic E-state index is 0.205. The van der Waals surface area contributed by atoms with Gasteiger partial charge in [0.2, 0.25) is 0 Å². The number of rotatable bonds is 28. The second kappa shape index (κ2) is 42.2. The van der Waals surface area contributed by atoms with Crippen LogP contribution in [0.2, 0.25) is 0 Å². The Labute approximate surface area is 554 Å². The molecule has 0 spiro atoms. The fraction of sp³-hybridized carbons (Fsp3) is 0.212. The molecule has 0 radical (unpaired) electrons. The topological polar surface area (TPSA) is 84.3 Å². The third-order valence-electron chi connectivity index (χ3n) is 14.6. The summed E-state index contributed by atoms with van der Waals surface area (Å²) < 4.78 is 0. The molecule has 0 saturated heterocycles. The molecule has 7 nitrogen and oxygen atoms in total. The summed E-state index contributed by atoms with van der Waals surface area (Å²) >= 11 is 0. The number of nitrogens with zero attached hydrogens (tertiary/aromatic N) is 7. The van der Waals surface area contributed by atoms with Crippen LogP contribution >= 0.6 is 0 Å². The first-order chi connectivity index (χ1) is 44.8. The van der Waals surface area contributed by atoms with E-state index < -0.39 is 0 Å². The summed E-state index contributed by atoms with van der Waals surface area (Å²) in [6, 6.07) is 45.7. The van der Waals surface area contributed by atoms with Crippen LogP contribution in [0.15, 0.2) is 314 Å². The van der Waals surface area contributed by atoms with E-state index in [2.05, 4.69) is 224 Å². The lowest BCUT2D eigenvalue weighted by Crippen LogP contribution is -2.30. The van der Waals surface area contributed by atoms with E-state index in [-0.39, 0.29) is 6.04 Å². The molecule has 1 aliphatic rings. The lowest BCUT2D eigenvalue weighted by atomic mass is 9.95. The summed E-state index contributed by atoms with van der Waals surface area (Å²) in [7, 11) is 0. The predicted octanol–water partition coefficient (Wildman–Crippen LogP) is 23.1. The van der Waals surface area contributed by atoms with Crippen molar-refractivity contribution in [1.82, 2.24) is 9.80 Å². The number of hydrogen-bond acceptors (Lipinski definition) is 7. The van der Waals surface area contributed by atoms with Crippen LogP contribution in [0, 0.1) is 46.3 Å². The molecule has 0 fully saturated rings. The third-order valence-corrected chi connectivity index (χ3v) is 14.6. The first-order valence-corrected chi connectivity index (χ1v) is 31.7. The van der Waals surface area contributed by atoms with Gasteiger partial charge in [-0.15, -0.1) is 12.3 Å². The fourth-order valence-corrected chi connectivity index (χ4v) is 10.4. The van der Waals surface area contributed by atoms with Crippen molar-refractivity contribution in [3.05, 3.63) is 331 Å². The number of anilines is 4. The monoisotopic (exact) mass is 1210 g/mol. The van der Waals surface area contributed by atoms with Gasteiger partial charge in [-0.25, -0.2) is 0 Å². The van der Waals surface area contributed by atoms with Crippen LogP contribution in [0.4, 0.5) is 22.7 Å². The minimum atomic E-state index is -0.205. The molecule has 0 aromatic heterocycles. The lowest BCUT2D eigenvalue weighted by Gasteiger charge is -2.33. The Kier molecular flexibility index (Phi) is 34.6. The normalized spacial score (nSPS) is 14.0. The Balaban J connectivity index is 0.00000303. The van der Waals surface area contributed by atoms with Crippen LogP contribution in [0.5, 0.6) is 0 Å². The highest BCUT2D eigenvalue weighted by Crippen LogP contribution is 2.43. The van der Waals surface area contributed by atoms with E-state index in [9.17, 15) is 10.5 Å². The zero-order chi connectivity index (χ0) is 67.8. The van der Waals surface area contributed by atoms with Gasteiger partial charge < -0.3 is 19.6 Å². The Morgan fingerprint density at radius 1 is 0.707 bits per heavy atom. The number of hydrogen-bond donors (Lipinski definition) is 0. The van der Waals surface area contributed by atoms with Crippen LogP contribution in [0.1, 0.15) is 119 Å². The van der Waals surface area contributed by atoms with Gasteiger partial charge >= 0.3 is 0 Å². The number of terminal acetylenes is 1. The highest BCUT2D eigenvalue weighted by Gasteiger charge is 2.36. The molecule has 5 aromatic rings. The summed E-state index contributed by atoms with van der Waals surface area (Å²) in [6.45, 7) is 44.3. The first-order valence-electron chi connectivity index (χ1n) is 31.7. The number of fused-ring (bicyclic) bond motifs is 1. The summed E-state index contributed by atoms with van der Waals surface area (Å²) in [5.41, 5.74) is 15.9. The van der Waals surface area contributed by atoms with Crippen molar-refractivity contribution in [3.63, 3.8) is 0 Å². The van der Waals surface area contributed by atoms with Gasteiger partial charge in [-0.2, -0.15) is 15.8 Å². The Hall–Kier alpha value is -10.8. The second-order valence-electron chi connectivity index (χ2n) is 20.4. The maximum absolute atomic E-state index is 9.80. The quantitative estimate of drug-likeness (QED) is 0.0280. The second-order valence-corrected chi connectivity index (χ2v) is 20.4. The van der Waals surface area contributed by atoms with Gasteiger partial charge in [-0.05, 0) is 190 Å². The molecule has 0 N–H and O–H groups in total. The minimum Gasteiger partial charge on any atom is -0.338 e. The van der Waals surface area contributed by atoms with Crippen LogP contribution in [-0.4, -0.2) is 22.4 Å². The van der Waals surface area contributed by atoms with Crippen molar-refractivity contribution in [2.45, 2.75) is 114 Å². The van der Waals surface area contributed by atoms with Gasteiger partial charge in [0, 0.05) is 82.4 Å². The van der Waals surface area contributed by atoms with E-state index >= 15 is 0 Å². The number of nitriles is 3. The molecular formula is C85H95N7. The van der Waals surface area contributed by atoms with E-state index in [1.54, 1.807) is 13.0 Å². The highest BCUT2D eigenvalue weighted by molar-refractivity contribution is 5.87. The van der Waals surface area contributed by atoms with Crippen LogP contribution < -0.4 is 9.80 Å². The average Bonchev–Trinajstić information content (AvgIpc) is 1.69. The van der Waals surface area contributed by atoms with Gasteiger partial charge in [0.05, 0.1) is 29.8 Å². The molecular weight excluding hydrogens is 1120 g/mol. The van der Waals surface area contributed by atoms with E-state index in [4.69, 9.17) is 24.8 Å². The van der Waals surface area contributed by atoms with Crippen molar-refractivity contribution in [1.29, 1.82) is 15.8 Å². The predicted molar refractivity (Wildman–Crippen MR) is 399 cm³/mol. The smallest absolute Gasteiger partial charge is 0.0991 e. The molecule has 0 aliphatic carbocycles. The van der Waals surface area contributed by atoms with Gasteiger partial charge in [0.1, 0.15) is 0 Å². The Morgan fingerprint density at radius 3 is 1.98 bits per heavy atom. The van der Waals surface area contributed by atoms with Crippen molar-refractivity contribution in [3.8, 4) is 30.6 Å². The lowest BCUT2D eigenvalue weighted by molar-refractivity contribution is 0.362. The Morgan fingerprint density at radius 2 is 1.37 bits per heavy atom. The van der Waals surface area contributed by atoms with Crippen molar-refractivity contribution < 1.29 is 0 Å². The maximum atomic E-state index is 9.80. The molecule has 1 aliphatic heterocycles. The number of para-hydroxylation sites is 1. The highest BCUT2D eigenvalue weighted by atomic mass is 15.2. The first kappa shape index (κ1) is 75.4. The zero-order valence-corrected chi connectivity index (χ0v) is 56.5. The standard InChI is InChI=1S/C79H80N6.C2H3N.2C2H6/c1-13-21-23-25-33-60(9)55-71(19-7)85(69(17-5)40-30-34-61(10)58-80)70(18-6)48-42-63(12)84-78(32-15-3)77(41-31-54-82(72-38-26-24-27-39-72)74-51-46-65(16-4)67(56-74)35-22-14-2)76(20-8)79(84)53-43-62(11)83(73-49-44-64(59-81)45-50-73)75-52-47-66-36-28-29-37-68(66)57-75;1-2-3;2*1-2/h3,13-14,17-29,31,33-42,44-52,55-57,79H,2,5,7,11-12,16,30,32,43,53-54H2,1,4,6,8-10H3;1H3;2*1-2H3/b21-13+,25-23-,35-22-,41-31-,48-42-,60-33+,61-34+,69-40?,70-18+,71-55+,76-20-;;;. The molecule has 0 saturated carbocycles. The van der Waals surface area contributed by atoms with E-state index in [0.717, 1.165) is 96.4 Å². The number of aryl methyl sites for hydroxylation is 1. The summed E-state index contributed by atoms with van der Waals surface area (Å²) in [6.07, 6.45) is 48.0. The fourth-order valence-electron chi connectivity index (χ4n) is 10.4. The van der Waals surface area contributed by atoms with Gasteiger partial charge in [-0.3, -0.25) is 0 Å². The van der Waals surface area contributed by atoms with E-state index in [1.165, 1.54) is 12.5 Å². The molecule has 7 heteroatoms. The van der Waals surface area contributed by atoms with Crippen molar-refractivity contribution in [2.75, 3.05) is 16.3 Å². The molecule has 0 amide bonds. The molecule has 92 heavy (non-hydrogen) atoms. The summed E-state index contributed by atoms with van der Waals surface area (Å²) in [4.78, 5) is 8.98. The number of benzene rings is 5. The van der Waals surface area contributed by atoms with Gasteiger partial charge in [-0.1, -0.05) is 207 Å². The average molecular weight is 1210 g/mol. The molecule has 1 heterocycles. The van der Waals surface area contributed by atoms with Crippen molar-refractivity contribution >= 4 is 39.6 Å². The van der Waals surface area contributed by atoms with Crippen molar-refractivity contribution in [2.24, 2.45) is 0 Å². The third kappa shape index (κ3) is 21.7. The summed E-state index contributed by atoms with van der Waals surface area (Å²) in [5, 5.41) is 29.0. The van der Waals surface area contributed by atoms with Crippen LogP contribution in [0.3, 0.4) is 0 Å². The van der Waals surface area contributed by atoms with Crippen LogP contribution in [-0.2, 0) is 6.42 Å². The summed E-state index contributed by atoms with van der Waals surface area (Å²) in [5.74, 6) is 3.04. The van der Waals surface area contributed by atoms with E-state index in [1.807, 2.05) is 127 Å². The Bertz CT molecular complexity index is 3860. The largest absolute Gasteiger partial charge is 0.338 e. The molecule has 1 unspecified atom stereocenters. The maximum Gasteiger partial charge on any atom is 0.0991 e. The van der Waals surface area contributed by atoms with Gasteiger partial charge in [0.25, 0.3) is 0 Å². The molecule has 6 rings (SSSR count). The zero-order valence-electron chi connectivity index (χ0n) is 56.5. The SMILES string of the molecule is C#CCC1=C(/C=C\CN(c2ccccc2)c2ccc(CC)c(/C=C\C=C)c2)/C(=C/C)C(CCC(=C)N(c2ccc(C#N)cc2)c2ccc3ccccc3c2)N1C(=C)/C=C\C(=C/C)N(C(C=C)=CC/C=C(\C)C#N)/C(C=C)=C/C(C)=C/C=C\C=C\C.CC.CC.CC#N. The molecule has 0 bridgehead atoms. The molecule has 1 atom stereocenters.